The molecule has 0 aliphatic carbocycles. The Morgan fingerprint density at radius 1 is 1.23 bits per heavy atom. The first-order valence-corrected chi connectivity index (χ1v) is 10.2. The molecule has 1 aromatic heterocycles. The van der Waals surface area contributed by atoms with Crippen molar-refractivity contribution in [2.75, 3.05) is 26.8 Å². The van der Waals surface area contributed by atoms with Crippen molar-refractivity contribution in [3.8, 4) is 0 Å². The number of carbonyl (C=O) groups excluding carboxylic acids is 1. The van der Waals surface area contributed by atoms with E-state index in [1.54, 1.807) is 0 Å². The van der Waals surface area contributed by atoms with Gasteiger partial charge in [-0.15, -0.1) is 10.2 Å². The molecule has 0 saturated carbocycles. The van der Waals surface area contributed by atoms with Gasteiger partial charge in [-0.2, -0.15) is 0 Å². The molecule has 0 saturated heterocycles. The number of nitrogens with one attached hydrogen (secondary N) is 1. The van der Waals surface area contributed by atoms with E-state index in [-0.39, 0.29) is 18.6 Å². The first-order chi connectivity index (χ1) is 14.4. The average Bonchev–Trinajstić information content (AvgIpc) is 2.97. The summed E-state index contributed by atoms with van der Waals surface area (Å²) in [4.78, 5) is 14.2. The molecule has 3 rings (SSSR count). The topological polar surface area (TPSA) is 72.3 Å². The van der Waals surface area contributed by atoms with E-state index in [0.717, 1.165) is 24.1 Å². The van der Waals surface area contributed by atoms with Crippen LogP contribution in [-0.4, -0.2) is 52.4 Å². The third-order valence-electron chi connectivity index (χ3n) is 5.19. The summed E-state index contributed by atoms with van der Waals surface area (Å²) in [6.07, 6.45) is 1.40. The number of rotatable bonds is 8. The average molecular weight is 421 g/mol. The minimum atomic E-state index is -0.574. The van der Waals surface area contributed by atoms with Gasteiger partial charge in [0.25, 0.3) is 0 Å². The van der Waals surface area contributed by atoms with Crippen molar-refractivity contribution in [2.45, 2.75) is 45.8 Å². The zero-order valence-electron chi connectivity index (χ0n) is 17.7. The number of hydrogen-bond acceptors (Lipinski definition) is 5. The van der Waals surface area contributed by atoms with Crippen LogP contribution in [0.3, 0.4) is 0 Å². The van der Waals surface area contributed by atoms with Crippen LogP contribution < -0.4 is 5.32 Å². The molecule has 1 N–H and O–H groups in total. The van der Waals surface area contributed by atoms with Gasteiger partial charge in [0.2, 0.25) is 5.91 Å². The highest BCUT2D eigenvalue weighted by Crippen LogP contribution is 2.23. The molecule has 9 heteroatoms. The summed E-state index contributed by atoms with van der Waals surface area (Å²) in [6, 6.07) is 3.43. The molecule has 2 heterocycles. The van der Waals surface area contributed by atoms with Crippen molar-refractivity contribution >= 4 is 5.91 Å². The Bertz CT molecular complexity index is 871. The minimum Gasteiger partial charge on any atom is -0.375 e. The largest absolute Gasteiger partial charge is 0.375 e. The van der Waals surface area contributed by atoms with Gasteiger partial charge in [0, 0.05) is 51.3 Å². The van der Waals surface area contributed by atoms with Crippen molar-refractivity contribution in [3.05, 3.63) is 47.0 Å². The highest BCUT2D eigenvalue weighted by atomic mass is 19.1. The van der Waals surface area contributed by atoms with Crippen LogP contribution in [0.2, 0.25) is 0 Å². The predicted octanol–water partition coefficient (Wildman–Crippen LogP) is 2.46. The third kappa shape index (κ3) is 5.60. The number of ether oxygens (including phenoxy) is 1. The van der Waals surface area contributed by atoms with Gasteiger partial charge in [-0.3, -0.25) is 9.69 Å². The van der Waals surface area contributed by atoms with Crippen LogP contribution in [0.25, 0.3) is 0 Å². The summed E-state index contributed by atoms with van der Waals surface area (Å²) in [7, 11) is 1.48. The molecule has 1 aliphatic heterocycles. The van der Waals surface area contributed by atoms with Crippen LogP contribution >= 0.6 is 0 Å². The molecule has 0 unspecified atom stereocenters. The third-order valence-corrected chi connectivity index (χ3v) is 5.19. The first-order valence-electron chi connectivity index (χ1n) is 10.2. The van der Waals surface area contributed by atoms with Crippen molar-refractivity contribution in [1.29, 1.82) is 0 Å². The van der Waals surface area contributed by atoms with Gasteiger partial charge in [-0.05, 0) is 18.4 Å². The summed E-state index contributed by atoms with van der Waals surface area (Å²) in [5.74, 6) is 0.642. The monoisotopic (exact) mass is 421 g/mol. The second-order valence-electron chi connectivity index (χ2n) is 8.07. The van der Waals surface area contributed by atoms with E-state index in [1.807, 2.05) is 0 Å². The van der Waals surface area contributed by atoms with E-state index in [4.69, 9.17) is 4.74 Å². The van der Waals surface area contributed by atoms with Crippen LogP contribution in [0.15, 0.2) is 18.2 Å². The van der Waals surface area contributed by atoms with Gasteiger partial charge in [0.15, 0.2) is 5.82 Å². The molecule has 1 aliphatic rings. The molecule has 0 radical (unpaired) electrons. The Balaban J connectivity index is 1.73. The standard InChI is InChI=1S/C21H29F2N5O2/c1-14(2)10-18(24-20(29)13-30-3)21-26-25-19-6-7-27(8-9-28(19)21)12-15-4-5-16(22)11-17(15)23/h4-5,11,14,18H,6-10,12-13H2,1-3H3,(H,24,29)/t18-/m1/s1. The van der Waals surface area contributed by atoms with Gasteiger partial charge in [-0.25, -0.2) is 8.78 Å². The lowest BCUT2D eigenvalue weighted by Crippen LogP contribution is -2.34. The van der Waals surface area contributed by atoms with E-state index < -0.39 is 11.6 Å². The number of benzene rings is 1. The molecule has 1 amide bonds. The second kappa shape index (κ2) is 10.1. The van der Waals surface area contributed by atoms with E-state index >= 15 is 0 Å². The number of fused-ring (bicyclic) bond motifs is 1. The van der Waals surface area contributed by atoms with Crippen molar-refractivity contribution in [3.63, 3.8) is 0 Å². The van der Waals surface area contributed by atoms with Gasteiger partial charge in [0.1, 0.15) is 24.1 Å². The molecular weight excluding hydrogens is 392 g/mol. The van der Waals surface area contributed by atoms with E-state index in [0.29, 0.717) is 44.1 Å². The zero-order valence-corrected chi connectivity index (χ0v) is 17.7. The Kier molecular flexibility index (Phi) is 7.49. The summed E-state index contributed by atoms with van der Waals surface area (Å²) in [5, 5.41) is 11.7. The lowest BCUT2D eigenvalue weighted by Gasteiger charge is -2.22. The van der Waals surface area contributed by atoms with Crippen LogP contribution in [0.1, 0.15) is 43.5 Å². The van der Waals surface area contributed by atoms with Gasteiger partial charge in [-0.1, -0.05) is 19.9 Å². The van der Waals surface area contributed by atoms with E-state index in [2.05, 4.69) is 38.8 Å². The molecular formula is C21H29F2N5O2. The molecule has 30 heavy (non-hydrogen) atoms. The lowest BCUT2D eigenvalue weighted by atomic mass is 10.0. The fourth-order valence-electron chi connectivity index (χ4n) is 3.76. The molecule has 0 spiro atoms. The number of carbonyl (C=O) groups is 1. The Labute approximate surface area is 175 Å². The normalized spacial score (nSPS) is 15.7. The molecule has 1 aromatic carbocycles. The Hall–Kier alpha value is -2.39. The number of nitrogens with zero attached hydrogens (tertiary/aromatic N) is 4. The maximum absolute atomic E-state index is 14.0. The van der Waals surface area contributed by atoms with Crippen molar-refractivity contribution in [1.82, 2.24) is 25.0 Å². The van der Waals surface area contributed by atoms with E-state index in [9.17, 15) is 13.6 Å². The number of methoxy groups -OCH3 is 1. The van der Waals surface area contributed by atoms with Gasteiger partial charge in [0.05, 0.1) is 6.04 Å². The van der Waals surface area contributed by atoms with Crippen molar-refractivity contribution in [2.24, 2.45) is 5.92 Å². The molecule has 0 bridgehead atoms. The maximum Gasteiger partial charge on any atom is 0.246 e. The summed E-state index contributed by atoms with van der Waals surface area (Å²) < 4.78 is 34.2. The molecule has 164 valence electrons. The molecule has 0 fully saturated rings. The molecule has 2 aromatic rings. The first kappa shape index (κ1) is 22.3. The Morgan fingerprint density at radius 3 is 2.73 bits per heavy atom. The Morgan fingerprint density at radius 2 is 2.03 bits per heavy atom. The minimum absolute atomic E-state index is 0.00734. The second-order valence-corrected chi connectivity index (χ2v) is 8.07. The maximum atomic E-state index is 14.0. The smallest absolute Gasteiger partial charge is 0.246 e. The zero-order chi connectivity index (χ0) is 21.7. The van der Waals surface area contributed by atoms with Crippen LogP contribution in [0, 0.1) is 17.6 Å². The predicted molar refractivity (Wildman–Crippen MR) is 108 cm³/mol. The van der Waals surface area contributed by atoms with E-state index in [1.165, 1.54) is 19.2 Å². The highest BCUT2D eigenvalue weighted by molar-refractivity contribution is 5.77. The number of halogens is 2. The molecule has 1 atom stereocenters. The van der Waals surface area contributed by atoms with Crippen LogP contribution in [0.5, 0.6) is 0 Å². The van der Waals surface area contributed by atoms with Gasteiger partial charge < -0.3 is 14.6 Å². The summed E-state index contributed by atoms with van der Waals surface area (Å²) >= 11 is 0. The fourth-order valence-corrected chi connectivity index (χ4v) is 3.76. The quantitative estimate of drug-likeness (QED) is 0.709. The lowest BCUT2D eigenvalue weighted by molar-refractivity contribution is -0.125. The van der Waals surface area contributed by atoms with Crippen molar-refractivity contribution < 1.29 is 18.3 Å². The fraction of sp³-hybridized carbons (Fsp3) is 0.571. The summed E-state index contributed by atoms with van der Waals surface area (Å²) in [6.45, 7) is 6.58. The molecule has 7 nitrogen and oxygen atoms in total. The number of amides is 1. The summed E-state index contributed by atoms with van der Waals surface area (Å²) in [5.41, 5.74) is 0.471. The SMILES string of the molecule is COCC(=O)N[C@H](CC(C)C)c1nnc2n1CCN(Cc1ccc(F)cc1F)CC2. The number of aromatic nitrogens is 3. The van der Waals surface area contributed by atoms with Gasteiger partial charge >= 0.3 is 0 Å². The highest BCUT2D eigenvalue weighted by Gasteiger charge is 2.26. The van der Waals surface area contributed by atoms with Crippen LogP contribution in [0.4, 0.5) is 8.78 Å². The number of hydrogen-bond donors (Lipinski definition) is 1. The van der Waals surface area contributed by atoms with Crippen LogP contribution in [-0.2, 0) is 29.0 Å².